The highest BCUT2D eigenvalue weighted by atomic mass is 35.5. The second-order valence-corrected chi connectivity index (χ2v) is 8.05. The molecule has 176 valence electrons. The van der Waals surface area contributed by atoms with Crippen LogP contribution in [-0.2, 0) is 12.4 Å². The smallest absolute Gasteiger partial charge is 0.349 e. The van der Waals surface area contributed by atoms with E-state index in [2.05, 4.69) is 10.6 Å². The number of hydrogen-bond donors (Lipinski definition) is 2. The number of piperidine rings is 1. The van der Waals surface area contributed by atoms with Crippen molar-refractivity contribution in [2.24, 2.45) is 0 Å². The minimum absolute atomic E-state index is 0. The van der Waals surface area contributed by atoms with Gasteiger partial charge in [0.15, 0.2) is 0 Å². The first-order valence-electron chi connectivity index (χ1n) is 9.11. The standard InChI is InChI=1S/C20H16Cl2F6N2O.ClH/c21-14-5-10(6-15(22)8-14)16-9-29-2-1-17(16)30-18(31)11-3-12(19(23,24)25)7-13(4-11)20(26,27)28;/h3-8,16-17,29H,1-2,9H2,(H,30,31);1H/t16-,17?;/m0./s1. The van der Waals surface area contributed by atoms with Gasteiger partial charge in [-0.15, -0.1) is 12.4 Å². The Morgan fingerprint density at radius 2 is 1.44 bits per heavy atom. The molecule has 2 aromatic carbocycles. The third-order valence-electron chi connectivity index (χ3n) is 4.96. The predicted molar refractivity (Wildman–Crippen MR) is 112 cm³/mol. The van der Waals surface area contributed by atoms with Gasteiger partial charge in [0.2, 0.25) is 0 Å². The van der Waals surface area contributed by atoms with Crippen molar-refractivity contribution in [1.82, 2.24) is 10.6 Å². The summed E-state index contributed by atoms with van der Waals surface area (Å²) in [6.45, 7) is 0.921. The van der Waals surface area contributed by atoms with Crippen LogP contribution in [0, 0.1) is 0 Å². The molecule has 1 saturated heterocycles. The van der Waals surface area contributed by atoms with Crippen LogP contribution in [0.1, 0.15) is 39.4 Å². The lowest BCUT2D eigenvalue weighted by atomic mass is 9.86. The number of carbonyl (C=O) groups excluding carboxylic acids is 1. The fourth-order valence-electron chi connectivity index (χ4n) is 3.51. The number of rotatable bonds is 3. The Balaban J connectivity index is 0.00000363. The summed E-state index contributed by atoms with van der Waals surface area (Å²) >= 11 is 12.1. The number of nitrogens with one attached hydrogen (secondary N) is 2. The Morgan fingerprint density at radius 1 is 0.906 bits per heavy atom. The normalized spacial score (nSPS) is 19.2. The first-order chi connectivity index (χ1) is 14.3. The van der Waals surface area contributed by atoms with E-state index in [1.165, 1.54) is 6.07 Å². The van der Waals surface area contributed by atoms with Gasteiger partial charge in [0.05, 0.1) is 11.1 Å². The molecule has 0 spiro atoms. The molecule has 1 amide bonds. The monoisotopic (exact) mass is 520 g/mol. The predicted octanol–water partition coefficient (Wildman–Crippen LogP) is 6.33. The molecule has 32 heavy (non-hydrogen) atoms. The Bertz CT molecular complexity index is 928. The van der Waals surface area contributed by atoms with E-state index in [0.717, 1.165) is 0 Å². The fourth-order valence-corrected chi connectivity index (χ4v) is 4.05. The van der Waals surface area contributed by atoms with Gasteiger partial charge in [0.1, 0.15) is 0 Å². The van der Waals surface area contributed by atoms with Crippen LogP contribution < -0.4 is 10.6 Å². The van der Waals surface area contributed by atoms with Crippen LogP contribution in [0.5, 0.6) is 0 Å². The van der Waals surface area contributed by atoms with E-state index in [4.69, 9.17) is 23.2 Å². The van der Waals surface area contributed by atoms with Gasteiger partial charge in [-0.05, 0) is 54.9 Å². The molecule has 0 aliphatic carbocycles. The average Bonchev–Trinajstić information content (AvgIpc) is 2.66. The lowest BCUT2D eigenvalue weighted by molar-refractivity contribution is -0.143. The van der Waals surface area contributed by atoms with E-state index in [1.54, 1.807) is 12.1 Å². The summed E-state index contributed by atoms with van der Waals surface area (Å²) in [5, 5.41) is 6.45. The van der Waals surface area contributed by atoms with E-state index in [-0.39, 0.29) is 24.4 Å². The zero-order valence-corrected chi connectivity index (χ0v) is 18.4. The zero-order chi connectivity index (χ0) is 23.0. The van der Waals surface area contributed by atoms with Crippen LogP contribution in [0.4, 0.5) is 26.3 Å². The quantitative estimate of drug-likeness (QED) is 0.464. The summed E-state index contributed by atoms with van der Waals surface area (Å²) in [7, 11) is 0. The van der Waals surface area contributed by atoms with Crippen LogP contribution in [0.15, 0.2) is 36.4 Å². The largest absolute Gasteiger partial charge is 0.416 e. The lowest BCUT2D eigenvalue weighted by Gasteiger charge is -2.33. The molecule has 3 nitrogen and oxygen atoms in total. The highest BCUT2D eigenvalue weighted by molar-refractivity contribution is 6.34. The van der Waals surface area contributed by atoms with Crippen LogP contribution in [0.2, 0.25) is 10.0 Å². The molecule has 2 atom stereocenters. The average molecular weight is 522 g/mol. The van der Waals surface area contributed by atoms with E-state index >= 15 is 0 Å². The maximum atomic E-state index is 13.1. The summed E-state index contributed by atoms with van der Waals surface area (Å²) in [5.74, 6) is -1.36. The molecule has 1 fully saturated rings. The molecule has 1 aliphatic heterocycles. The molecule has 1 aliphatic rings. The summed E-state index contributed by atoms with van der Waals surface area (Å²) in [5.41, 5.74) is -3.12. The van der Waals surface area contributed by atoms with Gasteiger partial charge < -0.3 is 10.6 Å². The molecule has 1 heterocycles. The Morgan fingerprint density at radius 3 is 1.94 bits per heavy atom. The number of halogens is 9. The number of benzene rings is 2. The van der Waals surface area contributed by atoms with E-state index in [1.807, 2.05) is 0 Å². The van der Waals surface area contributed by atoms with Crippen molar-refractivity contribution in [3.8, 4) is 0 Å². The number of alkyl halides is 6. The van der Waals surface area contributed by atoms with Gasteiger partial charge in [-0.3, -0.25) is 4.79 Å². The maximum Gasteiger partial charge on any atom is 0.416 e. The van der Waals surface area contributed by atoms with Crippen LogP contribution in [-0.4, -0.2) is 25.0 Å². The third kappa shape index (κ3) is 6.43. The van der Waals surface area contributed by atoms with Gasteiger partial charge in [-0.2, -0.15) is 26.3 Å². The van der Waals surface area contributed by atoms with Gasteiger partial charge in [-0.25, -0.2) is 0 Å². The molecule has 3 rings (SSSR count). The number of hydrogen-bond acceptors (Lipinski definition) is 2. The second-order valence-electron chi connectivity index (χ2n) is 7.18. The molecule has 0 bridgehead atoms. The van der Waals surface area contributed by atoms with Gasteiger partial charge in [-0.1, -0.05) is 23.2 Å². The van der Waals surface area contributed by atoms with E-state index in [0.29, 0.717) is 47.3 Å². The first kappa shape index (κ1) is 26.6. The molecular formula is C20H17Cl3F6N2O. The number of amides is 1. The fraction of sp³-hybridized carbons (Fsp3) is 0.350. The summed E-state index contributed by atoms with van der Waals surface area (Å²) in [6.07, 6.45) is -9.66. The summed E-state index contributed by atoms with van der Waals surface area (Å²) < 4.78 is 78.5. The minimum atomic E-state index is -5.04. The third-order valence-corrected chi connectivity index (χ3v) is 5.40. The van der Waals surface area contributed by atoms with Crippen molar-refractivity contribution < 1.29 is 31.1 Å². The minimum Gasteiger partial charge on any atom is -0.349 e. The van der Waals surface area contributed by atoms with Crippen molar-refractivity contribution in [1.29, 1.82) is 0 Å². The SMILES string of the molecule is Cl.O=C(NC1CCNC[C@H]1c1cc(Cl)cc(Cl)c1)c1cc(C(F)(F)F)cc(C(F)(F)F)c1. The summed E-state index contributed by atoms with van der Waals surface area (Å²) in [4.78, 5) is 12.7. The van der Waals surface area contributed by atoms with E-state index < -0.39 is 41.0 Å². The van der Waals surface area contributed by atoms with Crippen molar-refractivity contribution in [3.63, 3.8) is 0 Å². The number of carbonyl (C=O) groups is 1. The van der Waals surface area contributed by atoms with Crippen molar-refractivity contribution in [2.45, 2.75) is 30.7 Å². The lowest BCUT2D eigenvalue weighted by Crippen LogP contribution is -2.48. The van der Waals surface area contributed by atoms with Crippen LogP contribution in [0.3, 0.4) is 0 Å². The highest BCUT2D eigenvalue weighted by Gasteiger charge is 2.38. The molecule has 12 heteroatoms. The molecular weight excluding hydrogens is 505 g/mol. The zero-order valence-electron chi connectivity index (χ0n) is 16.1. The molecule has 0 aromatic heterocycles. The van der Waals surface area contributed by atoms with Crippen LogP contribution in [0.25, 0.3) is 0 Å². The van der Waals surface area contributed by atoms with Gasteiger partial charge in [0, 0.05) is 34.1 Å². The van der Waals surface area contributed by atoms with Crippen molar-refractivity contribution >= 4 is 41.5 Å². The molecule has 0 saturated carbocycles. The molecule has 2 aromatic rings. The highest BCUT2D eigenvalue weighted by Crippen LogP contribution is 2.36. The molecule has 0 radical (unpaired) electrons. The van der Waals surface area contributed by atoms with Gasteiger partial charge in [0.25, 0.3) is 5.91 Å². The first-order valence-corrected chi connectivity index (χ1v) is 9.87. The topological polar surface area (TPSA) is 41.1 Å². The molecule has 1 unspecified atom stereocenters. The Kier molecular flexibility index (Phi) is 8.36. The Labute approximate surface area is 195 Å². The maximum absolute atomic E-state index is 13.1. The molecule has 2 N–H and O–H groups in total. The Hall–Kier alpha value is -1.68. The van der Waals surface area contributed by atoms with Gasteiger partial charge >= 0.3 is 12.4 Å². The van der Waals surface area contributed by atoms with Crippen molar-refractivity contribution in [2.75, 3.05) is 13.1 Å². The van der Waals surface area contributed by atoms with Crippen molar-refractivity contribution in [3.05, 3.63) is 68.7 Å². The summed E-state index contributed by atoms with van der Waals surface area (Å²) in [6, 6.07) is 5.09. The van der Waals surface area contributed by atoms with Crippen LogP contribution >= 0.6 is 35.6 Å². The second kappa shape index (κ2) is 10.1. The van der Waals surface area contributed by atoms with E-state index in [9.17, 15) is 31.1 Å².